The molecule has 0 aliphatic heterocycles. The highest BCUT2D eigenvalue weighted by molar-refractivity contribution is 7.93. The number of rotatable bonds is 9. The first kappa shape index (κ1) is 23.7. The molecular weight excluding hydrogens is 459 g/mol. The fraction of sp³-hybridized carbons (Fsp3) is 0.273. The van der Waals surface area contributed by atoms with E-state index in [0.717, 1.165) is 35.3 Å². The van der Waals surface area contributed by atoms with Gasteiger partial charge in [-0.2, -0.15) is 0 Å². The Morgan fingerprint density at radius 2 is 1.94 bits per heavy atom. The Kier molecular flexibility index (Phi) is 7.20. The van der Waals surface area contributed by atoms with Crippen LogP contribution in [-0.4, -0.2) is 39.0 Å². The molecule has 1 fully saturated rings. The average Bonchev–Trinajstić information content (AvgIpc) is 3.56. The van der Waals surface area contributed by atoms with Gasteiger partial charge in [0.15, 0.2) is 6.10 Å². The van der Waals surface area contributed by atoms with E-state index in [1.54, 1.807) is 0 Å². The molecule has 1 saturated carbocycles. The molecule has 0 heterocycles. The van der Waals surface area contributed by atoms with E-state index in [2.05, 4.69) is 11.9 Å². The van der Waals surface area contributed by atoms with E-state index in [1.165, 1.54) is 37.3 Å². The summed E-state index contributed by atoms with van der Waals surface area (Å²) in [5, 5.41) is 2.62. The quantitative estimate of drug-likeness (QED) is 0.436. The van der Waals surface area contributed by atoms with Crippen molar-refractivity contribution in [1.29, 1.82) is 0 Å². The Bertz CT molecular complexity index is 1130. The minimum atomic E-state index is -4.25. The van der Waals surface area contributed by atoms with E-state index in [-0.39, 0.29) is 33.8 Å². The second kappa shape index (κ2) is 9.70. The van der Waals surface area contributed by atoms with Gasteiger partial charge in [0.25, 0.3) is 15.9 Å². The third-order valence-corrected chi connectivity index (χ3v) is 7.00. The van der Waals surface area contributed by atoms with Crippen molar-refractivity contribution in [1.82, 2.24) is 5.32 Å². The summed E-state index contributed by atoms with van der Waals surface area (Å²) in [5.74, 6) is -1.81. The Hall–Kier alpha value is -2.91. The molecule has 32 heavy (non-hydrogen) atoms. The van der Waals surface area contributed by atoms with Gasteiger partial charge in [-0.25, -0.2) is 17.6 Å². The number of nitrogens with one attached hydrogen (secondary N) is 1. The number of carbonyl (C=O) groups excluding carboxylic acids is 2. The van der Waals surface area contributed by atoms with Gasteiger partial charge < -0.3 is 10.1 Å². The summed E-state index contributed by atoms with van der Waals surface area (Å²) >= 11 is 6.15. The smallest absolute Gasteiger partial charge is 0.338 e. The minimum Gasteiger partial charge on any atom is -0.449 e. The first-order valence-electron chi connectivity index (χ1n) is 9.83. The monoisotopic (exact) mass is 480 g/mol. The molecule has 0 radical (unpaired) electrons. The molecule has 0 saturated heterocycles. The zero-order valence-electron chi connectivity index (χ0n) is 17.3. The maximum Gasteiger partial charge on any atom is 0.338 e. The number of anilines is 1. The normalized spacial score (nSPS) is 14.3. The van der Waals surface area contributed by atoms with E-state index in [9.17, 15) is 22.4 Å². The summed E-state index contributed by atoms with van der Waals surface area (Å²) in [6.45, 7) is 4.89. The number of esters is 1. The molecule has 1 amide bonds. The number of hydrogen-bond acceptors (Lipinski definition) is 5. The fourth-order valence-electron chi connectivity index (χ4n) is 2.84. The van der Waals surface area contributed by atoms with Crippen LogP contribution in [-0.2, 0) is 19.6 Å². The molecule has 7 nitrogen and oxygen atoms in total. The Balaban J connectivity index is 1.88. The molecule has 0 aromatic heterocycles. The van der Waals surface area contributed by atoms with Crippen LogP contribution in [0.15, 0.2) is 60.0 Å². The van der Waals surface area contributed by atoms with Gasteiger partial charge in [-0.3, -0.25) is 9.10 Å². The summed E-state index contributed by atoms with van der Waals surface area (Å²) in [7, 11) is -4.25. The van der Waals surface area contributed by atoms with Gasteiger partial charge in [0.2, 0.25) is 0 Å². The van der Waals surface area contributed by atoms with E-state index in [0.29, 0.717) is 0 Å². The highest BCUT2D eigenvalue weighted by Crippen LogP contribution is 2.30. The van der Waals surface area contributed by atoms with Crippen molar-refractivity contribution < 1.29 is 27.1 Å². The highest BCUT2D eigenvalue weighted by Gasteiger charge is 2.30. The molecule has 2 aromatic rings. The number of carbonyl (C=O) groups is 2. The number of amides is 1. The summed E-state index contributed by atoms with van der Waals surface area (Å²) in [6, 6.07) is 8.64. The molecule has 1 N–H and O–H groups in total. The number of ether oxygens (including phenoxy) is 1. The molecule has 10 heteroatoms. The summed E-state index contributed by atoms with van der Waals surface area (Å²) in [4.78, 5) is 24.2. The van der Waals surface area contributed by atoms with Crippen molar-refractivity contribution in [3.8, 4) is 0 Å². The van der Waals surface area contributed by atoms with Crippen LogP contribution in [0.1, 0.15) is 30.1 Å². The van der Waals surface area contributed by atoms with E-state index in [1.807, 2.05) is 0 Å². The topological polar surface area (TPSA) is 92.8 Å². The van der Waals surface area contributed by atoms with Gasteiger partial charge in [0, 0.05) is 6.04 Å². The first-order valence-corrected chi connectivity index (χ1v) is 11.7. The first-order chi connectivity index (χ1) is 15.1. The van der Waals surface area contributed by atoms with Gasteiger partial charge in [-0.15, -0.1) is 6.58 Å². The maximum atomic E-state index is 13.3. The second-order valence-corrected chi connectivity index (χ2v) is 9.51. The predicted octanol–water partition coefficient (Wildman–Crippen LogP) is 3.68. The van der Waals surface area contributed by atoms with Crippen molar-refractivity contribution in [2.24, 2.45) is 0 Å². The minimum absolute atomic E-state index is 0.0864. The summed E-state index contributed by atoms with van der Waals surface area (Å²) < 4.78 is 46.2. The van der Waals surface area contributed by atoms with Crippen molar-refractivity contribution in [3.05, 3.63) is 71.5 Å². The van der Waals surface area contributed by atoms with Crippen LogP contribution in [0.25, 0.3) is 0 Å². The average molecular weight is 481 g/mol. The molecule has 0 spiro atoms. The van der Waals surface area contributed by atoms with Crippen LogP contribution >= 0.6 is 11.6 Å². The van der Waals surface area contributed by atoms with Gasteiger partial charge >= 0.3 is 5.97 Å². The number of hydrogen-bond donors (Lipinski definition) is 1. The number of sulfonamides is 1. The second-order valence-electron chi connectivity index (χ2n) is 7.28. The zero-order valence-corrected chi connectivity index (χ0v) is 18.8. The molecule has 0 bridgehead atoms. The Morgan fingerprint density at radius 1 is 1.28 bits per heavy atom. The summed E-state index contributed by atoms with van der Waals surface area (Å²) in [5.41, 5.74) is 0.109. The van der Waals surface area contributed by atoms with Crippen LogP contribution in [0.3, 0.4) is 0 Å². The van der Waals surface area contributed by atoms with Gasteiger partial charge in [0.05, 0.1) is 22.8 Å². The Morgan fingerprint density at radius 3 is 2.53 bits per heavy atom. The largest absolute Gasteiger partial charge is 0.449 e. The van der Waals surface area contributed by atoms with Crippen molar-refractivity contribution in [2.45, 2.75) is 36.8 Å². The molecule has 2 aromatic carbocycles. The third-order valence-electron chi connectivity index (χ3n) is 4.72. The van der Waals surface area contributed by atoms with E-state index < -0.39 is 33.8 Å². The lowest BCUT2D eigenvalue weighted by molar-refractivity contribution is -0.129. The third kappa shape index (κ3) is 5.46. The molecular formula is C22H22ClFN2O5S. The molecule has 170 valence electrons. The molecule has 1 aliphatic carbocycles. The standard InChI is InChI=1S/C22H22ClFN2O5S/c1-3-12-26(18-9-5-16(24)6-10-18)32(29,30)20-13-15(4-11-19(20)23)22(28)31-14(2)21(27)25-17-7-8-17/h3-6,9-11,13-14,17H,1,7-8,12H2,2H3,(H,25,27). The molecule has 1 atom stereocenters. The van der Waals surface area contributed by atoms with E-state index >= 15 is 0 Å². The van der Waals surface area contributed by atoms with Crippen molar-refractivity contribution >= 4 is 39.2 Å². The Labute approximate surface area is 190 Å². The number of halogens is 2. The predicted molar refractivity (Wildman–Crippen MR) is 119 cm³/mol. The number of nitrogens with zero attached hydrogens (tertiary/aromatic N) is 1. The van der Waals surface area contributed by atoms with Crippen LogP contribution in [0.2, 0.25) is 5.02 Å². The zero-order chi connectivity index (χ0) is 23.5. The van der Waals surface area contributed by atoms with Gasteiger partial charge in [0.1, 0.15) is 10.7 Å². The SMILES string of the molecule is C=CCN(c1ccc(F)cc1)S(=O)(=O)c1cc(C(=O)OC(C)C(=O)NC2CC2)ccc1Cl. The molecule has 1 unspecified atom stereocenters. The van der Waals surface area contributed by atoms with Crippen LogP contribution in [0.4, 0.5) is 10.1 Å². The number of benzene rings is 2. The fourth-order valence-corrected chi connectivity index (χ4v) is 4.78. The van der Waals surface area contributed by atoms with Crippen LogP contribution in [0, 0.1) is 5.82 Å². The lowest BCUT2D eigenvalue weighted by Crippen LogP contribution is -2.37. The van der Waals surface area contributed by atoms with Crippen molar-refractivity contribution in [2.75, 3.05) is 10.8 Å². The summed E-state index contributed by atoms with van der Waals surface area (Å²) in [6.07, 6.45) is 2.10. The van der Waals surface area contributed by atoms with Crippen LogP contribution < -0.4 is 9.62 Å². The lowest BCUT2D eigenvalue weighted by atomic mass is 10.2. The molecule has 1 aliphatic rings. The molecule has 3 rings (SSSR count). The van der Waals surface area contributed by atoms with Gasteiger partial charge in [-0.1, -0.05) is 17.7 Å². The van der Waals surface area contributed by atoms with Crippen LogP contribution in [0.5, 0.6) is 0 Å². The maximum absolute atomic E-state index is 13.3. The van der Waals surface area contributed by atoms with Crippen molar-refractivity contribution in [3.63, 3.8) is 0 Å². The van der Waals surface area contributed by atoms with E-state index in [4.69, 9.17) is 16.3 Å². The lowest BCUT2D eigenvalue weighted by Gasteiger charge is -2.24. The van der Waals surface area contributed by atoms with Gasteiger partial charge in [-0.05, 0) is 62.2 Å². The highest BCUT2D eigenvalue weighted by atomic mass is 35.5.